The van der Waals surface area contributed by atoms with Crippen LogP contribution >= 0.6 is 0 Å². The largest absolute Gasteiger partial charge is 0.405 e. The number of nitrogens with two attached hydrogens (primary N) is 1. The van der Waals surface area contributed by atoms with Gasteiger partial charge in [0.1, 0.15) is 0 Å². The van der Waals surface area contributed by atoms with Crippen molar-refractivity contribution in [2.45, 2.75) is 39.4 Å². The van der Waals surface area contributed by atoms with E-state index >= 15 is 0 Å². The highest BCUT2D eigenvalue weighted by Gasteiger charge is 2.26. The van der Waals surface area contributed by atoms with Gasteiger partial charge in [-0.2, -0.15) is 0 Å². The van der Waals surface area contributed by atoms with Crippen LogP contribution in [0.25, 0.3) is 0 Å². The predicted octanol–water partition coefficient (Wildman–Crippen LogP) is 2.82. The average Bonchev–Trinajstić information content (AvgIpc) is 2.70. The Balaban J connectivity index is 1.97. The van der Waals surface area contributed by atoms with Gasteiger partial charge in [0.25, 0.3) is 0 Å². The Labute approximate surface area is 169 Å². The molecular weight excluding hydrogens is 364 g/mol. The maximum atomic E-state index is 6.60. The van der Waals surface area contributed by atoms with E-state index in [2.05, 4.69) is 74.3 Å². The fraction of sp³-hybridized carbons (Fsp3) is 0.261. The lowest BCUT2D eigenvalue weighted by molar-refractivity contribution is 0.122. The molecule has 0 aliphatic heterocycles. The summed E-state index contributed by atoms with van der Waals surface area (Å²) in [5, 5.41) is 2.57. The first-order valence-corrected chi connectivity index (χ1v) is 11.1. The Hall–Kier alpha value is -2.31. The van der Waals surface area contributed by atoms with Crippen molar-refractivity contribution in [1.29, 1.82) is 0 Å². The summed E-state index contributed by atoms with van der Waals surface area (Å²) in [6.45, 7) is 7.50. The molecule has 0 fully saturated rings. The van der Waals surface area contributed by atoms with Gasteiger partial charge in [-0.3, -0.25) is 9.82 Å². The maximum Gasteiger partial charge on any atom is 0.240 e. The van der Waals surface area contributed by atoms with Gasteiger partial charge < -0.3 is 4.43 Å². The van der Waals surface area contributed by atoms with E-state index in [1.807, 2.05) is 18.2 Å². The van der Waals surface area contributed by atoms with Crippen LogP contribution < -0.4 is 16.3 Å². The number of aromatic nitrogens is 1. The molecule has 3 aromatic rings. The van der Waals surface area contributed by atoms with Crippen LogP contribution in [0.15, 0.2) is 72.9 Å². The van der Waals surface area contributed by atoms with E-state index in [4.69, 9.17) is 15.2 Å². The lowest BCUT2D eigenvalue weighted by Crippen LogP contribution is -2.48. The van der Waals surface area contributed by atoms with Crippen molar-refractivity contribution in [3.63, 3.8) is 0 Å². The van der Waals surface area contributed by atoms with Crippen LogP contribution in [0.3, 0.4) is 0 Å². The normalized spacial score (nSPS) is 12.7. The van der Waals surface area contributed by atoms with Crippen molar-refractivity contribution in [1.82, 2.24) is 4.98 Å². The lowest BCUT2D eigenvalue weighted by atomic mass is 9.87. The summed E-state index contributed by atoms with van der Waals surface area (Å²) in [6.07, 6.45) is 1.78. The van der Waals surface area contributed by atoms with E-state index in [1.165, 1.54) is 15.9 Å². The molecule has 0 bridgehead atoms. The minimum atomic E-state index is -1.91. The van der Waals surface area contributed by atoms with E-state index in [1.54, 1.807) is 6.20 Å². The van der Waals surface area contributed by atoms with Gasteiger partial charge in [-0.15, -0.1) is 0 Å². The summed E-state index contributed by atoms with van der Waals surface area (Å²) in [5.74, 6) is 5.28. The third kappa shape index (κ3) is 4.94. The third-order valence-electron chi connectivity index (χ3n) is 4.76. The molecule has 0 saturated carbocycles. The number of pyridine rings is 1. The first-order valence-electron chi connectivity index (χ1n) is 9.51. The standard InChI is InChI=1S/C23H28N2O2Si/c1-23(2,3)20-13-7-8-14-22(20)28(19-11-5-4-6-12-19)27-17-21-18(16-26-24)10-9-15-25-21/h4-15,28H,16-17,24H2,1-3H3. The van der Waals surface area contributed by atoms with Gasteiger partial charge in [-0.1, -0.05) is 81.4 Å². The fourth-order valence-corrected chi connectivity index (χ4v) is 6.11. The summed E-state index contributed by atoms with van der Waals surface area (Å²) >= 11 is 0. The summed E-state index contributed by atoms with van der Waals surface area (Å²) in [4.78, 5) is 9.31. The number of rotatable bonds is 7. The second kappa shape index (κ2) is 9.25. The van der Waals surface area contributed by atoms with E-state index in [0.717, 1.165) is 11.3 Å². The third-order valence-corrected chi connectivity index (χ3v) is 7.32. The zero-order chi connectivity index (χ0) is 20.0. The summed E-state index contributed by atoms with van der Waals surface area (Å²) in [7, 11) is -1.91. The molecule has 2 N–H and O–H groups in total. The Morgan fingerprint density at radius 2 is 1.61 bits per heavy atom. The van der Waals surface area contributed by atoms with Crippen LogP contribution in [-0.2, 0) is 27.9 Å². The molecule has 0 aliphatic rings. The van der Waals surface area contributed by atoms with Crippen LogP contribution in [-0.4, -0.2) is 14.0 Å². The SMILES string of the molecule is CC(C)(C)c1ccccc1[SiH](OCc1ncccc1CON)c1ccccc1. The molecule has 1 atom stereocenters. The molecule has 0 spiro atoms. The predicted molar refractivity (Wildman–Crippen MR) is 116 cm³/mol. The van der Waals surface area contributed by atoms with Crippen LogP contribution in [0.5, 0.6) is 0 Å². The Bertz CT molecular complexity index is 894. The Morgan fingerprint density at radius 1 is 0.893 bits per heavy atom. The average molecular weight is 393 g/mol. The zero-order valence-corrected chi connectivity index (χ0v) is 17.9. The van der Waals surface area contributed by atoms with Crippen LogP contribution in [0.4, 0.5) is 0 Å². The summed E-state index contributed by atoms with van der Waals surface area (Å²) in [5.41, 5.74) is 3.20. The molecule has 1 unspecified atom stereocenters. The van der Waals surface area contributed by atoms with E-state index in [0.29, 0.717) is 13.2 Å². The van der Waals surface area contributed by atoms with E-state index < -0.39 is 9.04 Å². The van der Waals surface area contributed by atoms with Crippen molar-refractivity contribution < 1.29 is 9.26 Å². The Kier molecular flexibility index (Phi) is 6.75. The molecule has 0 aliphatic carbocycles. The second-order valence-corrected chi connectivity index (χ2v) is 10.2. The minimum absolute atomic E-state index is 0.0452. The highest BCUT2D eigenvalue weighted by molar-refractivity contribution is 6.80. The van der Waals surface area contributed by atoms with Gasteiger partial charge in [0, 0.05) is 11.8 Å². The molecule has 4 nitrogen and oxygen atoms in total. The second-order valence-electron chi connectivity index (χ2n) is 7.86. The van der Waals surface area contributed by atoms with Crippen molar-refractivity contribution in [2.75, 3.05) is 0 Å². The van der Waals surface area contributed by atoms with Gasteiger partial charge in [0.05, 0.1) is 18.9 Å². The van der Waals surface area contributed by atoms with Crippen molar-refractivity contribution in [3.05, 3.63) is 89.7 Å². The quantitative estimate of drug-likeness (QED) is 0.496. The highest BCUT2D eigenvalue weighted by Crippen LogP contribution is 2.21. The zero-order valence-electron chi connectivity index (χ0n) is 16.8. The number of nitrogens with zero attached hydrogens (tertiary/aromatic N) is 1. The first kappa shape index (κ1) is 20.4. The minimum Gasteiger partial charge on any atom is -0.405 e. The van der Waals surface area contributed by atoms with Crippen molar-refractivity contribution >= 4 is 19.4 Å². The maximum absolute atomic E-state index is 6.60. The fourth-order valence-electron chi connectivity index (χ4n) is 3.39. The molecule has 0 radical (unpaired) electrons. The van der Waals surface area contributed by atoms with Gasteiger partial charge in [-0.25, -0.2) is 5.90 Å². The molecule has 1 aromatic heterocycles. The molecule has 146 valence electrons. The van der Waals surface area contributed by atoms with Gasteiger partial charge in [0.15, 0.2) is 0 Å². The molecule has 1 heterocycles. The molecule has 3 rings (SSSR count). The van der Waals surface area contributed by atoms with Gasteiger partial charge in [-0.05, 0) is 27.4 Å². The molecule has 0 amide bonds. The van der Waals surface area contributed by atoms with Crippen molar-refractivity contribution in [2.24, 2.45) is 5.90 Å². The van der Waals surface area contributed by atoms with Crippen LogP contribution in [0, 0.1) is 0 Å². The Morgan fingerprint density at radius 3 is 2.32 bits per heavy atom. The molecule has 5 heteroatoms. The van der Waals surface area contributed by atoms with Crippen LogP contribution in [0.1, 0.15) is 37.6 Å². The summed E-state index contributed by atoms with van der Waals surface area (Å²) < 4.78 is 6.60. The molecule has 28 heavy (non-hydrogen) atoms. The van der Waals surface area contributed by atoms with Crippen molar-refractivity contribution in [3.8, 4) is 0 Å². The monoisotopic (exact) mass is 392 g/mol. The number of hydrogen-bond acceptors (Lipinski definition) is 4. The number of benzene rings is 2. The highest BCUT2D eigenvalue weighted by atomic mass is 28.3. The van der Waals surface area contributed by atoms with E-state index in [9.17, 15) is 0 Å². The number of hydrogen-bond donors (Lipinski definition) is 1. The molecule has 0 saturated heterocycles. The first-order chi connectivity index (χ1) is 13.5. The van der Waals surface area contributed by atoms with E-state index in [-0.39, 0.29) is 5.41 Å². The van der Waals surface area contributed by atoms with Gasteiger partial charge in [0.2, 0.25) is 9.04 Å². The molecule has 2 aromatic carbocycles. The smallest absolute Gasteiger partial charge is 0.240 e. The summed E-state index contributed by atoms with van der Waals surface area (Å²) in [6, 6.07) is 23.0. The van der Waals surface area contributed by atoms with Gasteiger partial charge >= 0.3 is 0 Å². The topological polar surface area (TPSA) is 57.4 Å². The lowest BCUT2D eigenvalue weighted by Gasteiger charge is -2.27. The molecular formula is C23H28N2O2Si. The van der Waals surface area contributed by atoms with Crippen LogP contribution in [0.2, 0.25) is 0 Å².